The maximum Gasteiger partial charge on any atom is 0.320 e. The summed E-state index contributed by atoms with van der Waals surface area (Å²) in [5, 5.41) is 12.2. The van der Waals surface area contributed by atoms with E-state index in [4.69, 9.17) is 9.84 Å². The summed E-state index contributed by atoms with van der Waals surface area (Å²) < 4.78 is 7.07. The van der Waals surface area contributed by atoms with E-state index < -0.39 is 12.0 Å². The maximum absolute atomic E-state index is 11.1. The van der Waals surface area contributed by atoms with Crippen LogP contribution in [0, 0.1) is 5.92 Å². The van der Waals surface area contributed by atoms with Crippen molar-refractivity contribution in [1.29, 1.82) is 0 Å². The molecule has 0 fully saturated rings. The van der Waals surface area contributed by atoms with Gasteiger partial charge in [-0.2, -0.15) is 0 Å². The van der Waals surface area contributed by atoms with Crippen molar-refractivity contribution in [2.45, 2.75) is 26.4 Å². The van der Waals surface area contributed by atoms with Crippen LogP contribution in [0.5, 0.6) is 5.75 Å². The number of carboxylic acids is 1. The smallest absolute Gasteiger partial charge is 0.320 e. The zero-order valence-corrected chi connectivity index (χ0v) is 14.2. The molecule has 0 aliphatic heterocycles. The summed E-state index contributed by atoms with van der Waals surface area (Å²) in [6.45, 7) is 4.18. The van der Waals surface area contributed by atoms with Crippen molar-refractivity contribution in [1.82, 2.24) is 5.32 Å². The Labute approximate surface area is 129 Å². The first-order valence-electron chi connectivity index (χ1n) is 5.85. The van der Waals surface area contributed by atoms with Crippen molar-refractivity contribution >= 4 is 37.8 Å². The van der Waals surface area contributed by atoms with E-state index in [9.17, 15) is 4.79 Å². The molecule has 0 radical (unpaired) electrons. The molecule has 0 unspecified atom stereocenters. The Bertz CT molecular complexity index is 463. The van der Waals surface area contributed by atoms with E-state index in [1.165, 1.54) is 0 Å². The van der Waals surface area contributed by atoms with E-state index in [2.05, 4.69) is 37.2 Å². The molecule has 0 spiro atoms. The van der Waals surface area contributed by atoms with Gasteiger partial charge < -0.3 is 9.84 Å². The molecular formula is C13H17Br2NO3. The fourth-order valence-corrected chi connectivity index (χ4v) is 3.28. The van der Waals surface area contributed by atoms with E-state index in [0.717, 1.165) is 14.5 Å². The third-order valence-corrected chi connectivity index (χ3v) is 3.78. The molecule has 0 heterocycles. The average Bonchev–Trinajstić information content (AvgIpc) is 2.27. The molecule has 4 nitrogen and oxygen atoms in total. The molecule has 1 aromatic rings. The van der Waals surface area contributed by atoms with Crippen LogP contribution >= 0.6 is 31.9 Å². The molecule has 1 aromatic carbocycles. The van der Waals surface area contributed by atoms with Gasteiger partial charge in [0.1, 0.15) is 11.8 Å². The summed E-state index contributed by atoms with van der Waals surface area (Å²) in [4.78, 5) is 11.1. The lowest BCUT2D eigenvalue weighted by molar-refractivity contribution is -0.140. The van der Waals surface area contributed by atoms with Gasteiger partial charge in [-0.25, -0.2) is 0 Å². The van der Waals surface area contributed by atoms with Crippen LogP contribution in [0.4, 0.5) is 0 Å². The molecule has 0 aliphatic carbocycles. The predicted octanol–water partition coefficient (Wildman–Crippen LogP) is 3.42. The summed E-state index contributed by atoms with van der Waals surface area (Å²) in [6, 6.07) is 3.22. The van der Waals surface area contributed by atoms with Gasteiger partial charge in [-0.1, -0.05) is 29.8 Å². The van der Waals surface area contributed by atoms with Crippen LogP contribution in [0.15, 0.2) is 21.1 Å². The molecule has 106 valence electrons. The maximum atomic E-state index is 11.1. The fraction of sp³-hybridized carbons (Fsp3) is 0.462. The normalized spacial score (nSPS) is 12.5. The number of carboxylic acid groups (broad SMARTS) is 1. The van der Waals surface area contributed by atoms with Gasteiger partial charge in [0, 0.05) is 16.6 Å². The van der Waals surface area contributed by atoms with Gasteiger partial charge in [-0.05, 0) is 34.0 Å². The minimum Gasteiger partial charge on any atom is -0.495 e. The van der Waals surface area contributed by atoms with Crippen molar-refractivity contribution in [3.63, 3.8) is 0 Å². The Kier molecular flexibility index (Phi) is 6.29. The summed E-state index contributed by atoms with van der Waals surface area (Å²) >= 11 is 6.84. The van der Waals surface area contributed by atoms with E-state index in [1.807, 2.05) is 26.0 Å². The van der Waals surface area contributed by atoms with Crippen molar-refractivity contribution in [3.05, 3.63) is 26.6 Å². The SMILES string of the molecule is COc1c(Br)cc(Br)cc1CN[C@H](C(=O)O)C(C)C. The second kappa shape index (κ2) is 7.26. The summed E-state index contributed by atoms with van der Waals surface area (Å²) in [6.07, 6.45) is 0. The molecule has 0 aliphatic rings. The number of ether oxygens (including phenoxy) is 1. The Hall–Kier alpha value is -0.590. The molecule has 0 saturated heterocycles. The van der Waals surface area contributed by atoms with E-state index in [0.29, 0.717) is 12.3 Å². The standard InChI is InChI=1S/C13H17Br2NO3/c1-7(2)11(13(17)18)16-6-8-4-9(14)5-10(15)12(8)19-3/h4-5,7,11,16H,6H2,1-3H3,(H,17,18)/t11-/m0/s1. The summed E-state index contributed by atoms with van der Waals surface area (Å²) in [5.74, 6) is -0.120. The van der Waals surface area contributed by atoms with Gasteiger partial charge in [0.25, 0.3) is 0 Å². The highest BCUT2D eigenvalue weighted by atomic mass is 79.9. The number of benzene rings is 1. The van der Waals surface area contributed by atoms with Crippen LogP contribution in [0.2, 0.25) is 0 Å². The first-order valence-corrected chi connectivity index (χ1v) is 7.43. The third-order valence-electron chi connectivity index (χ3n) is 2.73. The fourth-order valence-electron chi connectivity index (χ4n) is 1.80. The number of methoxy groups -OCH3 is 1. The number of nitrogens with one attached hydrogen (secondary N) is 1. The zero-order valence-electron chi connectivity index (χ0n) is 11.0. The van der Waals surface area contributed by atoms with Crippen LogP contribution in [-0.4, -0.2) is 24.2 Å². The molecular weight excluding hydrogens is 378 g/mol. The molecule has 2 N–H and O–H groups in total. The first kappa shape index (κ1) is 16.5. The van der Waals surface area contributed by atoms with Crippen molar-refractivity contribution in [2.75, 3.05) is 7.11 Å². The Morgan fingerprint density at radius 1 is 1.42 bits per heavy atom. The minimum atomic E-state index is -0.844. The molecule has 0 aromatic heterocycles. The largest absolute Gasteiger partial charge is 0.495 e. The van der Waals surface area contributed by atoms with Crippen molar-refractivity contribution in [2.24, 2.45) is 5.92 Å². The number of aliphatic carboxylic acids is 1. The van der Waals surface area contributed by atoms with Gasteiger partial charge >= 0.3 is 5.97 Å². The van der Waals surface area contributed by atoms with Gasteiger partial charge in [0.15, 0.2) is 0 Å². The summed E-state index contributed by atoms with van der Waals surface area (Å²) in [5.41, 5.74) is 0.899. The monoisotopic (exact) mass is 393 g/mol. The van der Waals surface area contributed by atoms with Gasteiger partial charge in [0.05, 0.1) is 11.6 Å². The number of halogens is 2. The van der Waals surface area contributed by atoms with Crippen molar-refractivity contribution in [3.8, 4) is 5.75 Å². The molecule has 6 heteroatoms. The zero-order chi connectivity index (χ0) is 14.6. The van der Waals surface area contributed by atoms with Gasteiger partial charge in [-0.3, -0.25) is 10.1 Å². The summed E-state index contributed by atoms with van der Waals surface area (Å²) in [7, 11) is 1.59. The third kappa shape index (κ3) is 4.47. The molecule has 1 atom stereocenters. The van der Waals surface area contributed by atoms with Gasteiger partial charge in [0.2, 0.25) is 0 Å². The van der Waals surface area contributed by atoms with Crippen molar-refractivity contribution < 1.29 is 14.6 Å². The molecule has 0 amide bonds. The molecule has 19 heavy (non-hydrogen) atoms. The molecule has 0 saturated carbocycles. The highest BCUT2D eigenvalue weighted by Gasteiger charge is 2.21. The van der Waals surface area contributed by atoms with Crippen LogP contribution in [0.25, 0.3) is 0 Å². The van der Waals surface area contributed by atoms with E-state index in [1.54, 1.807) is 7.11 Å². The number of rotatable bonds is 6. The van der Waals surface area contributed by atoms with Crippen LogP contribution < -0.4 is 10.1 Å². The second-order valence-corrected chi connectivity index (χ2v) is 6.29. The lowest BCUT2D eigenvalue weighted by Crippen LogP contribution is -2.40. The molecule has 0 bridgehead atoms. The topological polar surface area (TPSA) is 58.6 Å². The molecule has 1 rings (SSSR count). The average molecular weight is 395 g/mol. The quantitative estimate of drug-likeness (QED) is 0.776. The van der Waals surface area contributed by atoms with E-state index in [-0.39, 0.29) is 5.92 Å². The number of carbonyl (C=O) groups is 1. The lowest BCUT2D eigenvalue weighted by atomic mass is 10.0. The van der Waals surface area contributed by atoms with Crippen LogP contribution in [0.3, 0.4) is 0 Å². The second-order valence-electron chi connectivity index (χ2n) is 4.52. The number of hydrogen-bond acceptors (Lipinski definition) is 3. The lowest BCUT2D eigenvalue weighted by Gasteiger charge is -2.19. The highest BCUT2D eigenvalue weighted by Crippen LogP contribution is 2.32. The van der Waals surface area contributed by atoms with Crippen LogP contribution in [-0.2, 0) is 11.3 Å². The Morgan fingerprint density at radius 2 is 2.05 bits per heavy atom. The van der Waals surface area contributed by atoms with E-state index >= 15 is 0 Å². The Balaban J connectivity index is 2.90. The van der Waals surface area contributed by atoms with Gasteiger partial charge in [-0.15, -0.1) is 0 Å². The van der Waals surface area contributed by atoms with Crippen LogP contribution in [0.1, 0.15) is 19.4 Å². The Morgan fingerprint density at radius 3 is 2.53 bits per heavy atom. The minimum absolute atomic E-state index is 0.0130. The number of hydrogen-bond donors (Lipinski definition) is 2. The predicted molar refractivity (Wildman–Crippen MR) is 81.5 cm³/mol. The first-order chi connectivity index (χ1) is 8.86. The highest BCUT2D eigenvalue weighted by molar-refractivity contribution is 9.11.